The van der Waals surface area contributed by atoms with Crippen molar-refractivity contribution in [3.05, 3.63) is 24.2 Å². The van der Waals surface area contributed by atoms with E-state index < -0.39 is 0 Å². The van der Waals surface area contributed by atoms with Crippen LogP contribution in [0.5, 0.6) is 0 Å². The first-order valence-corrected chi connectivity index (χ1v) is 7.14. The van der Waals surface area contributed by atoms with Gasteiger partial charge < -0.3 is 14.6 Å². The summed E-state index contributed by atoms with van der Waals surface area (Å²) in [5, 5.41) is 2.73. The summed E-state index contributed by atoms with van der Waals surface area (Å²) >= 11 is 0. The predicted molar refractivity (Wildman–Crippen MR) is 75.2 cm³/mol. The van der Waals surface area contributed by atoms with Gasteiger partial charge in [0, 0.05) is 26.1 Å². The zero-order valence-corrected chi connectivity index (χ0v) is 12.1. The summed E-state index contributed by atoms with van der Waals surface area (Å²) in [7, 11) is 0. The predicted octanol–water partition coefficient (Wildman–Crippen LogP) is 1.90. The number of carbonyl (C=O) groups is 2. The van der Waals surface area contributed by atoms with Crippen molar-refractivity contribution in [3.8, 4) is 0 Å². The molecule has 1 aromatic heterocycles. The third-order valence-corrected chi connectivity index (χ3v) is 3.63. The summed E-state index contributed by atoms with van der Waals surface area (Å²) in [6, 6.07) is 1.60. The monoisotopic (exact) mass is 278 g/mol. The highest BCUT2D eigenvalue weighted by atomic mass is 16.3. The van der Waals surface area contributed by atoms with E-state index in [1.165, 1.54) is 18.9 Å². The van der Waals surface area contributed by atoms with E-state index in [4.69, 9.17) is 4.42 Å². The van der Waals surface area contributed by atoms with E-state index in [1.54, 1.807) is 6.07 Å². The number of hydrogen-bond acceptors (Lipinski definition) is 3. The lowest BCUT2D eigenvalue weighted by Gasteiger charge is -2.35. The summed E-state index contributed by atoms with van der Waals surface area (Å²) in [4.78, 5) is 25.7. The van der Waals surface area contributed by atoms with Crippen LogP contribution in [-0.2, 0) is 4.79 Å². The Morgan fingerprint density at radius 3 is 2.65 bits per heavy atom. The van der Waals surface area contributed by atoms with E-state index in [0.717, 1.165) is 13.1 Å². The van der Waals surface area contributed by atoms with Crippen LogP contribution in [0.2, 0.25) is 0 Å². The van der Waals surface area contributed by atoms with Crippen LogP contribution in [0.4, 0.5) is 0 Å². The van der Waals surface area contributed by atoms with Crippen molar-refractivity contribution < 1.29 is 14.0 Å². The average Bonchev–Trinajstić information content (AvgIpc) is 2.91. The lowest BCUT2D eigenvalue weighted by molar-refractivity contribution is -0.133. The second kappa shape index (κ2) is 6.59. The zero-order chi connectivity index (χ0) is 14.5. The molecule has 0 saturated carbocycles. The van der Waals surface area contributed by atoms with E-state index in [2.05, 4.69) is 19.2 Å². The van der Waals surface area contributed by atoms with Crippen molar-refractivity contribution in [1.82, 2.24) is 10.2 Å². The van der Waals surface area contributed by atoms with Crippen molar-refractivity contribution in [1.29, 1.82) is 0 Å². The van der Waals surface area contributed by atoms with Gasteiger partial charge in [-0.1, -0.05) is 13.8 Å². The summed E-state index contributed by atoms with van der Waals surface area (Å²) in [5.74, 6) is 1.04. The average molecular weight is 278 g/mol. The molecule has 110 valence electrons. The van der Waals surface area contributed by atoms with Crippen LogP contribution in [0.25, 0.3) is 0 Å². The van der Waals surface area contributed by atoms with Gasteiger partial charge in [0.2, 0.25) is 5.91 Å². The summed E-state index contributed by atoms with van der Waals surface area (Å²) in [5.41, 5.74) is 0.484. The molecule has 1 saturated heterocycles. The van der Waals surface area contributed by atoms with Crippen molar-refractivity contribution in [2.24, 2.45) is 11.8 Å². The number of likely N-dealkylation sites (tertiary alicyclic amines) is 1. The van der Waals surface area contributed by atoms with Gasteiger partial charge in [0.1, 0.15) is 6.26 Å². The highest BCUT2D eigenvalue weighted by molar-refractivity contribution is 5.94. The highest BCUT2D eigenvalue weighted by Gasteiger charge is 2.24. The van der Waals surface area contributed by atoms with Gasteiger partial charge >= 0.3 is 0 Å². The Morgan fingerprint density at radius 1 is 1.35 bits per heavy atom. The minimum absolute atomic E-state index is 0.121. The van der Waals surface area contributed by atoms with E-state index in [-0.39, 0.29) is 11.8 Å². The Hall–Kier alpha value is -1.78. The number of rotatable bonds is 4. The largest absolute Gasteiger partial charge is 0.472 e. The normalized spacial score (nSPS) is 22.6. The Bertz CT molecular complexity index is 446. The molecule has 2 unspecified atom stereocenters. The van der Waals surface area contributed by atoms with Gasteiger partial charge in [0.05, 0.1) is 11.8 Å². The molecule has 20 heavy (non-hydrogen) atoms. The number of hydrogen-bond donors (Lipinski definition) is 1. The molecule has 5 nitrogen and oxygen atoms in total. The quantitative estimate of drug-likeness (QED) is 0.915. The fourth-order valence-electron chi connectivity index (χ4n) is 2.80. The van der Waals surface area contributed by atoms with Gasteiger partial charge in [-0.15, -0.1) is 0 Å². The van der Waals surface area contributed by atoms with Gasteiger partial charge in [0.15, 0.2) is 0 Å². The van der Waals surface area contributed by atoms with Crippen LogP contribution in [0.3, 0.4) is 0 Å². The zero-order valence-electron chi connectivity index (χ0n) is 12.1. The molecule has 1 fully saturated rings. The molecule has 2 atom stereocenters. The number of carbonyl (C=O) groups excluding carboxylic acids is 2. The smallest absolute Gasteiger partial charge is 0.254 e. The molecular weight excluding hydrogens is 256 g/mol. The van der Waals surface area contributed by atoms with Gasteiger partial charge in [0.25, 0.3) is 5.91 Å². The topological polar surface area (TPSA) is 62.6 Å². The molecule has 0 bridgehead atoms. The fraction of sp³-hybridized carbons (Fsp3) is 0.600. The molecular formula is C15H22N2O3. The molecule has 0 radical (unpaired) electrons. The molecule has 1 aliphatic heterocycles. The standard InChI is InChI=1S/C15H22N2O3/c1-11-7-12(2)9-17(8-11)14(18)3-5-16-15(19)13-4-6-20-10-13/h4,6,10-12H,3,5,7-9H2,1-2H3,(H,16,19). The second-order valence-corrected chi connectivity index (χ2v) is 5.76. The Morgan fingerprint density at radius 2 is 2.05 bits per heavy atom. The van der Waals surface area contributed by atoms with Gasteiger partial charge in [-0.2, -0.15) is 0 Å². The first kappa shape index (κ1) is 14.6. The number of nitrogens with one attached hydrogen (secondary N) is 1. The van der Waals surface area contributed by atoms with Crippen molar-refractivity contribution >= 4 is 11.8 Å². The molecule has 1 aromatic rings. The van der Waals surface area contributed by atoms with E-state index in [0.29, 0.717) is 30.4 Å². The SMILES string of the molecule is CC1CC(C)CN(C(=O)CCNC(=O)c2ccoc2)C1. The van der Waals surface area contributed by atoms with Crippen LogP contribution >= 0.6 is 0 Å². The van der Waals surface area contributed by atoms with E-state index in [9.17, 15) is 9.59 Å². The first-order valence-electron chi connectivity index (χ1n) is 7.14. The highest BCUT2D eigenvalue weighted by Crippen LogP contribution is 2.21. The maximum Gasteiger partial charge on any atom is 0.254 e. The molecule has 2 amide bonds. The number of amides is 2. The minimum Gasteiger partial charge on any atom is -0.472 e. The van der Waals surface area contributed by atoms with Gasteiger partial charge in [-0.3, -0.25) is 9.59 Å². The number of furan rings is 1. The van der Waals surface area contributed by atoms with Crippen LogP contribution in [-0.4, -0.2) is 36.3 Å². The maximum absolute atomic E-state index is 12.1. The van der Waals surface area contributed by atoms with Crippen LogP contribution in [0.1, 0.15) is 37.0 Å². The second-order valence-electron chi connectivity index (χ2n) is 5.76. The van der Waals surface area contributed by atoms with Crippen LogP contribution < -0.4 is 5.32 Å². The fourth-order valence-corrected chi connectivity index (χ4v) is 2.80. The van der Waals surface area contributed by atoms with E-state index >= 15 is 0 Å². The number of piperidine rings is 1. The number of nitrogens with zero attached hydrogens (tertiary/aromatic N) is 1. The molecule has 5 heteroatoms. The lowest BCUT2D eigenvalue weighted by Crippen LogP contribution is -2.43. The van der Waals surface area contributed by atoms with Crippen molar-refractivity contribution in [3.63, 3.8) is 0 Å². The van der Waals surface area contributed by atoms with Gasteiger partial charge in [-0.05, 0) is 24.3 Å². The molecule has 1 N–H and O–H groups in total. The maximum atomic E-state index is 12.1. The molecule has 0 aliphatic carbocycles. The molecule has 2 rings (SSSR count). The van der Waals surface area contributed by atoms with Crippen LogP contribution in [0, 0.1) is 11.8 Å². The molecule has 2 heterocycles. The summed E-state index contributed by atoms with van der Waals surface area (Å²) in [6.07, 6.45) is 4.38. The Balaban J connectivity index is 1.73. The van der Waals surface area contributed by atoms with E-state index in [1.807, 2.05) is 4.90 Å². The Kier molecular flexibility index (Phi) is 4.82. The van der Waals surface area contributed by atoms with Crippen LogP contribution in [0.15, 0.2) is 23.0 Å². The van der Waals surface area contributed by atoms with Crippen molar-refractivity contribution in [2.45, 2.75) is 26.7 Å². The minimum atomic E-state index is -0.202. The first-order chi connectivity index (χ1) is 9.56. The van der Waals surface area contributed by atoms with Crippen molar-refractivity contribution in [2.75, 3.05) is 19.6 Å². The van der Waals surface area contributed by atoms with Gasteiger partial charge in [-0.25, -0.2) is 0 Å². The lowest BCUT2D eigenvalue weighted by atomic mass is 9.92. The third-order valence-electron chi connectivity index (χ3n) is 3.63. The summed E-state index contributed by atoms with van der Waals surface area (Å²) < 4.78 is 4.85. The third kappa shape index (κ3) is 3.85. The Labute approximate surface area is 119 Å². The summed E-state index contributed by atoms with van der Waals surface area (Å²) in [6.45, 7) is 6.38. The molecule has 0 aromatic carbocycles. The molecule has 0 spiro atoms. The molecule has 1 aliphatic rings.